The van der Waals surface area contributed by atoms with Gasteiger partial charge in [0.25, 0.3) is 0 Å². The van der Waals surface area contributed by atoms with E-state index >= 15 is 4.39 Å². The van der Waals surface area contributed by atoms with Crippen molar-refractivity contribution in [1.29, 1.82) is 5.26 Å². The molecule has 0 saturated heterocycles. The van der Waals surface area contributed by atoms with Crippen LogP contribution in [-0.4, -0.2) is 35.8 Å². The third kappa shape index (κ3) is 4.37. The Morgan fingerprint density at radius 3 is 2.82 bits per heavy atom. The number of nitrogens with one attached hydrogen (secondary N) is 1. The standard InChI is InChI=1S/C24H22ClFN6O2/c1-24(2,20-4-5-32(3)31-20)14(8-21(33)34)7-19-18(26)6-13(10-27)22(30-19)17-12-29-23-16(17)9-15(25)11-28-23/h4-6,9,11-12,14H,7-8H2,1-3H3,(H,28,29)(H,33,34). The lowest BCUT2D eigenvalue weighted by molar-refractivity contribution is -0.138. The number of hydrogen-bond donors (Lipinski definition) is 2. The lowest BCUT2D eigenvalue weighted by atomic mass is 9.72. The number of aryl methyl sites for hydroxylation is 1. The molecule has 4 heterocycles. The van der Waals surface area contributed by atoms with E-state index in [4.69, 9.17) is 11.6 Å². The lowest BCUT2D eigenvalue weighted by Crippen LogP contribution is -2.33. The molecule has 10 heteroatoms. The second-order valence-electron chi connectivity index (χ2n) is 8.77. The molecule has 0 saturated carbocycles. The van der Waals surface area contributed by atoms with Crippen LogP contribution in [-0.2, 0) is 23.7 Å². The first-order chi connectivity index (χ1) is 16.1. The normalized spacial score (nSPS) is 12.6. The minimum Gasteiger partial charge on any atom is -0.481 e. The fourth-order valence-corrected chi connectivity index (χ4v) is 4.29. The summed E-state index contributed by atoms with van der Waals surface area (Å²) in [5, 5.41) is 24.7. The van der Waals surface area contributed by atoms with Crippen LogP contribution in [0.4, 0.5) is 4.39 Å². The number of fused-ring (bicyclic) bond motifs is 1. The van der Waals surface area contributed by atoms with Crippen molar-refractivity contribution in [2.24, 2.45) is 13.0 Å². The van der Waals surface area contributed by atoms with Crippen LogP contribution in [0.15, 0.2) is 36.8 Å². The van der Waals surface area contributed by atoms with E-state index < -0.39 is 23.1 Å². The highest BCUT2D eigenvalue weighted by atomic mass is 35.5. The Balaban J connectivity index is 1.81. The van der Waals surface area contributed by atoms with Crippen molar-refractivity contribution < 1.29 is 14.3 Å². The highest BCUT2D eigenvalue weighted by Crippen LogP contribution is 2.37. The zero-order valence-corrected chi connectivity index (χ0v) is 19.6. The fraction of sp³-hybridized carbons (Fsp3) is 0.292. The molecule has 0 spiro atoms. The second kappa shape index (κ2) is 8.88. The van der Waals surface area contributed by atoms with Crippen molar-refractivity contribution in [1.82, 2.24) is 24.7 Å². The van der Waals surface area contributed by atoms with Crippen LogP contribution in [0.5, 0.6) is 0 Å². The van der Waals surface area contributed by atoms with Gasteiger partial charge >= 0.3 is 5.97 Å². The number of nitrogens with zero attached hydrogens (tertiary/aromatic N) is 5. The first-order valence-corrected chi connectivity index (χ1v) is 10.9. The number of aromatic amines is 1. The summed E-state index contributed by atoms with van der Waals surface area (Å²) < 4.78 is 16.7. The molecule has 1 unspecified atom stereocenters. The van der Waals surface area contributed by atoms with E-state index in [1.54, 1.807) is 30.2 Å². The Bertz CT molecular complexity index is 1440. The maximum atomic E-state index is 15.1. The molecule has 0 amide bonds. The largest absolute Gasteiger partial charge is 0.481 e. The van der Waals surface area contributed by atoms with Gasteiger partial charge in [-0.05, 0) is 30.5 Å². The van der Waals surface area contributed by atoms with Gasteiger partial charge < -0.3 is 10.1 Å². The summed E-state index contributed by atoms with van der Waals surface area (Å²) in [6.45, 7) is 3.78. The summed E-state index contributed by atoms with van der Waals surface area (Å²) in [5.41, 5.74) is 1.54. The average molecular weight is 481 g/mol. The van der Waals surface area contributed by atoms with E-state index in [9.17, 15) is 15.2 Å². The predicted octanol–water partition coefficient (Wildman–Crippen LogP) is 4.63. The molecular formula is C24H22ClFN6O2. The van der Waals surface area contributed by atoms with Gasteiger partial charge in [0.05, 0.1) is 27.7 Å². The molecule has 0 aromatic carbocycles. The molecule has 0 aliphatic rings. The molecule has 34 heavy (non-hydrogen) atoms. The molecule has 4 aromatic heterocycles. The van der Waals surface area contributed by atoms with Crippen LogP contribution in [0, 0.1) is 23.1 Å². The highest BCUT2D eigenvalue weighted by Gasteiger charge is 2.36. The first kappa shape index (κ1) is 23.4. The van der Waals surface area contributed by atoms with E-state index in [1.165, 1.54) is 6.20 Å². The highest BCUT2D eigenvalue weighted by molar-refractivity contribution is 6.31. The van der Waals surface area contributed by atoms with E-state index in [-0.39, 0.29) is 29.8 Å². The zero-order chi connectivity index (χ0) is 24.6. The molecule has 0 radical (unpaired) electrons. The van der Waals surface area contributed by atoms with Crippen molar-refractivity contribution in [3.8, 4) is 17.3 Å². The Morgan fingerprint density at radius 2 is 2.18 bits per heavy atom. The Labute approximate surface area is 200 Å². The minimum atomic E-state index is -0.999. The van der Waals surface area contributed by atoms with E-state index in [0.29, 0.717) is 27.3 Å². The number of aliphatic carboxylic acids is 1. The number of H-pyrrole nitrogens is 1. The van der Waals surface area contributed by atoms with E-state index in [1.807, 2.05) is 26.0 Å². The lowest BCUT2D eigenvalue weighted by Gasteiger charge is -2.32. The fourth-order valence-electron chi connectivity index (χ4n) is 4.13. The van der Waals surface area contributed by atoms with Gasteiger partial charge in [-0.15, -0.1) is 0 Å². The maximum absolute atomic E-state index is 15.1. The number of carboxylic acids is 1. The maximum Gasteiger partial charge on any atom is 0.303 e. The Hall–Kier alpha value is -3.77. The van der Waals surface area contributed by atoms with E-state index in [2.05, 4.69) is 20.1 Å². The SMILES string of the molecule is Cn1ccc(C(C)(C)C(CC(=O)O)Cc2nc(-c3c[nH]c4ncc(Cl)cc34)c(C#N)cc2F)n1. The molecule has 0 aliphatic carbocycles. The summed E-state index contributed by atoms with van der Waals surface area (Å²) in [6, 6.07) is 6.66. The quantitative estimate of drug-likeness (QED) is 0.397. The van der Waals surface area contributed by atoms with Crippen molar-refractivity contribution in [3.63, 3.8) is 0 Å². The molecule has 0 bridgehead atoms. The number of carboxylic acid groups (broad SMARTS) is 1. The number of pyridine rings is 2. The van der Waals surface area contributed by atoms with Crippen molar-refractivity contribution in [3.05, 3.63) is 64.6 Å². The van der Waals surface area contributed by atoms with Gasteiger partial charge in [-0.2, -0.15) is 10.4 Å². The number of rotatable bonds is 7. The average Bonchev–Trinajstić information content (AvgIpc) is 3.40. The topological polar surface area (TPSA) is 120 Å². The van der Waals surface area contributed by atoms with Crippen LogP contribution in [0.1, 0.15) is 37.2 Å². The van der Waals surface area contributed by atoms with E-state index in [0.717, 1.165) is 6.07 Å². The third-order valence-electron chi connectivity index (χ3n) is 6.18. The predicted molar refractivity (Wildman–Crippen MR) is 125 cm³/mol. The molecule has 0 aliphatic heterocycles. The second-order valence-corrected chi connectivity index (χ2v) is 9.21. The van der Waals surface area contributed by atoms with Crippen LogP contribution >= 0.6 is 11.6 Å². The van der Waals surface area contributed by atoms with Gasteiger partial charge in [-0.25, -0.2) is 14.4 Å². The minimum absolute atomic E-state index is 0.0434. The van der Waals surface area contributed by atoms with Gasteiger partial charge in [0.1, 0.15) is 17.5 Å². The van der Waals surface area contributed by atoms with Gasteiger partial charge in [0.15, 0.2) is 0 Å². The zero-order valence-electron chi connectivity index (χ0n) is 18.8. The van der Waals surface area contributed by atoms with Crippen molar-refractivity contribution in [2.45, 2.75) is 32.1 Å². The van der Waals surface area contributed by atoms with Gasteiger partial charge in [-0.1, -0.05) is 25.4 Å². The summed E-state index contributed by atoms with van der Waals surface area (Å²) >= 11 is 6.11. The number of halogens is 2. The summed E-state index contributed by atoms with van der Waals surface area (Å²) in [4.78, 5) is 23.4. The number of nitriles is 1. The summed E-state index contributed by atoms with van der Waals surface area (Å²) in [6.07, 6.45) is 4.76. The molecule has 2 N–H and O–H groups in total. The number of aromatic nitrogens is 5. The van der Waals surface area contributed by atoms with Crippen LogP contribution in [0.3, 0.4) is 0 Å². The third-order valence-corrected chi connectivity index (χ3v) is 6.38. The molecule has 1 atom stereocenters. The molecule has 4 rings (SSSR count). The van der Waals surface area contributed by atoms with Gasteiger partial charge in [-0.3, -0.25) is 9.48 Å². The Morgan fingerprint density at radius 1 is 1.41 bits per heavy atom. The monoisotopic (exact) mass is 480 g/mol. The molecule has 0 fully saturated rings. The van der Waals surface area contributed by atoms with Gasteiger partial charge in [0.2, 0.25) is 0 Å². The summed E-state index contributed by atoms with van der Waals surface area (Å²) in [7, 11) is 1.78. The van der Waals surface area contributed by atoms with Crippen molar-refractivity contribution >= 4 is 28.6 Å². The van der Waals surface area contributed by atoms with Crippen LogP contribution < -0.4 is 0 Å². The number of hydrogen-bond acceptors (Lipinski definition) is 5. The smallest absolute Gasteiger partial charge is 0.303 e. The molecule has 174 valence electrons. The Kier molecular flexibility index (Phi) is 6.11. The summed E-state index contributed by atoms with van der Waals surface area (Å²) in [5.74, 6) is -2.18. The van der Waals surface area contributed by atoms with Crippen LogP contribution in [0.25, 0.3) is 22.3 Å². The number of carbonyl (C=O) groups is 1. The molecule has 4 aromatic rings. The van der Waals surface area contributed by atoms with Crippen LogP contribution in [0.2, 0.25) is 5.02 Å². The van der Waals surface area contributed by atoms with Gasteiger partial charge in [0, 0.05) is 48.4 Å². The molecule has 8 nitrogen and oxygen atoms in total. The molecular weight excluding hydrogens is 459 g/mol. The first-order valence-electron chi connectivity index (χ1n) is 10.5. The van der Waals surface area contributed by atoms with Crippen molar-refractivity contribution in [2.75, 3.05) is 0 Å².